The second-order valence-corrected chi connectivity index (χ2v) is 6.22. The van der Waals surface area contributed by atoms with Crippen molar-refractivity contribution < 1.29 is 9.59 Å². The van der Waals surface area contributed by atoms with Crippen molar-refractivity contribution in [3.8, 4) is 0 Å². The summed E-state index contributed by atoms with van der Waals surface area (Å²) in [4.78, 5) is 29.0. The molecule has 0 aromatic carbocycles. The van der Waals surface area contributed by atoms with E-state index in [0.717, 1.165) is 71.1 Å². The number of nitrogens with zero attached hydrogens (tertiary/aromatic N) is 2. The van der Waals surface area contributed by atoms with Gasteiger partial charge < -0.3 is 15.1 Å². The van der Waals surface area contributed by atoms with Gasteiger partial charge in [-0.25, -0.2) is 0 Å². The smallest absolute Gasteiger partial charge is 0.245 e. The predicted molar refractivity (Wildman–Crippen MR) is 76.2 cm³/mol. The fourth-order valence-corrected chi connectivity index (χ4v) is 3.70. The molecule has 3 aliphatic rings. The van der Waals surface area contributed by atoms with E-state index in [4.69, 9.17) is 0 Å². The van der Waals surface area contributed by atoms with E-state index in [1.165, 1.54) is 0 Å². The standard InChI is InChI=1S/C15H25N3O2/c19-14(12-6-1-2-8-16-12)18-11-5-7-13(18)15(20)17-9-3-4-10-17/h12-13,16H,1-11H2/t12-,13+/m0/s1. The highest BCUT2D eigenvalue weighted by Gasteiger charge is 2.39. The van der Waals surface area contributed by atoms with Gasteiger partial charge in [0.2, 0.25) is 11.8 Å². The molecule has 3 heterocycles. The Balaban J connectivity index is 1.65. The molecule has 0 bridgehead atoms. The van der Waals surface area contributed by atoms with Crippen LogP contribution in [0.5, 0.6) is 0 Å². The van der Waals surface area contributed by atoms with Gasteiger partial charge in [-0.3, -0.25) is 9.59 Å². The fraction of sp³-hybridized carbons (Fsp3) is 0.867. The van der Waals surface area contributed by atoms with Crippen molar-refractivity contribution in [2.45, 2.75) is 57.0 Å². The van der Waals surface area contributed by atoms with Crippen molar-refractivity contribution in [1.82, 2.24) is 15.1 Å². The molecule has 1 N–H and O–H groups in total. The summed E-state index contributed by atoms with van der Waals surface area (Å²) in [6, 6.07) is -0.250. The summed E-state index contributed by atoms with van der Waals surface area (Å²) < 4.78 is 0. The topological polar surface area (TPSA) is 52.7 Å². The first-order valence-corrected chi connectivity index (χ1v) is 8.10. The second kappa shape index (κ2) is 6.12. The molecular weight excluding hydrogens is 254 g/mol. The summed E-state index contributed by atoms with van der Waals surface area (Å²) in [6.45, 7) is 3.42. The number of carbonyl (C=O) groups excluding carboxylic acids is 2. The predicted octanol–water partition coefficient (Wildman–Crippen LogP) is 0.742. The summed E-state index contributed by atoms with van der Waals surface area (Å²) in [7, 11) is 0. The molecule has 112 valence electrons. The Bertz CT molecular complexity index is 373. The Hall–Kier alpha value is -1.10. The van der Waals surface area contributed by atoms with Gasteiger partial charge >= 0.3 is 0 Å². The van der Waals surface area contributed by atoms with Crippen LogP contribution >= 0.6 is 0 Å². The van der Waals surface area contributed by atoms with E-state index in [0.29, 0.717) is 0 Å². The fourth-order valence-electron chi connectivity index (χ4n) is 3.70. The van der Waals surface area contributed by atoms with E-state index in [1.807, 2.05) is 9.80 Å². The lowest BCUT2D eigenvalue weighted by Gasteiger charge is -2.32. The maximum absolute atomic E-state index is 12.6. The number of amides is 2. The summed E-state index contributed by atoms with van der Waals surface area (Å²) in [5.41, 5.74) is 0. The zero-order chi connectivity index (χ0) is 13.9. The van der Waals surface area contributed by atoms with Gasteiger partial charge in [0.25, 0.3) is 0 Å². The first-order chi connectivity index (χ1) is 9.77. The number of rotatable bonds is 2. The highest BCUT2D eigenvalue weighted by atomic mass is 16.2. The van der Waals surface area contributed by atoms with E-state index >= 15 is 0 Å². The number of nitrogens with one attached hydrogen (secondary N) is 1. The number of hydrogen-bond acceptors (Lipinski definition) is 3. The van der Waals surface area contributed by atoms with E-state index in [1.54, 1.807) is 0 Å². The highest BCUT2D eigenvalue weighted by molar-refractivity contribution is 5.90. The van der Waals surface area contributed by atoms with Gasteiger partial charge in [-0.15, -0.1) is 0 Å². The third kappa shape index (κ3) is 2.68. The van der Waals surface area contributed by atoms with Gasteiger partial charge in [0.1, 0.15) is 6.04 Å². The number of piperidine rings is 1. The molecule has 5 heteroatoms. The van der Waals surface area contributed by atoms with Crippen LogP contribution in [0, 0.1) is 0 Å². The Labute approximate surface area is 120 Å². The van der Waals surface area contributed by atoms with Crippen LogP contribution < -0.4 is 5.32 Å². The molecule has 0 saturated carbocycles. The zero-order valence-electron chi connectivity index (χ0n) is 12.1. The molecule has 3 saturated heterocycles. The van der Waals surface area contributed by atoms with Crippen LogP contribution in [0.15, 0.2) is 0 Å². The zero-order valence-corrected chi connectivity index (χ0v) is 12.1. The molecule has 5 nitrogen and oxygen atoms in total. The van der Waals surface area contributed by atoms with E-state index in [-0.39, 0.29) is 23.9 Å². The van der Waals surface area contributed by atoms with Crippen molar-refractivity contribution in [2.75, 3.05) is 26.2 Å². The molecule has 2 amide bonds. The number of carbonyl (C=O) groups is 2. The Morgan fingerprint density at radius 1 is 0.850 bits per heavy atom. The normalized spacial score (nSPS) is 30.8. The van der Waals surface area contributed by atoms with Crippen LogP contribution in [0.1, 0.15) is 44.9 Å². The molecular formula is C15H25N3O2. The van der Waals surface area contributed by atoms with E-state index in [2.05, 4.69) is 5.32 Å². The molecule has 0 aliphatic carbocycles. The average Bonchev–Trinajstić information content (AvgIpc) is 3.18. The van der Waals surface area contributed by atoms with Crippen LogP contribution in [0.2, 0.25) is 0 Å². The first kappa shape index (κ1) is 13.9. The number of likely N-dealkylation sites (tertiary alicyclic amines) is 2. The molecule has 20 heavy (non-hydrogen) atoms. The molecule has 2 atom stereocenters. The van der Waals surface area contributed by atoms with Crippen LogP contribution in [-0.2, 0) is 9.59 Å². The maximum Gasteiger partial charge on any atom is 0.245 e. The van der Waals surface area contributed by atoms with E-state index in [9.17, 15) is 9.59 Å². The quantitative estimate of drug-likeness (QED) is 0.811. The number of hydrogen-bond donors (Lipinski definition) is 1. The van der Waals surface area contributed by atoms with Crippen molar-refractivity contribution in [2.24, 2.45) is 0 Å². The molecule has 3 aliphatic heterocycles. The van der Waals surface area contributed by atoms with Crippen molar-refractivity contribution in [1.29, 1.82) is 0 Å². The second-order valence-electron chi connectivity index (χ2n) is 6.22. The molecule has 3 fully saturated rings. The molecule has 0 spiro atoms. The van der Waals surface area contributed by atoms with Gasteiger partial charge in [0.15, 0.2) is 0 Å². The summed E-state index contributed by atoms with van der Waals surface area (Å²) >= 11 is 0. The van der Waals surface area contributed by atoms with Crippen LogP contribution in [0.3, 0.4) is 0 Å². The minimum Gasteiger partial charge on any atom is -0.341 e. The lowest BCUT2D eigenvalue weighted by molar-refractivity contribution is -0.144. The Morgan fingerprint density at radius 3 is 2.35 bits per heavy atom. The van der Waals surface area contributed by atoms with Crippen molar-refractivity contribution in [3.05, 3.63) is 0 Å². The molecule has 0 aromatic rings. The van der Waals surface area contributed by atoms with Gasteiger partial charge in [-0.1, -0.05) is 6.42 Å². The van der Waals surface area contributed by atoms with Crippen LogP contribution in [0.25, 0.3) is 0 Å². The third-order valence-corrected chi connectivity index (χ3v) is 4.85. The molecule has 0 radical (unpaired) electrons. The average molecular weight is 279 g/mol. The molecule has 3 rings (SSSR count). The van der Waals surface area contributed by atoms with Crippen LogP contribution in [-0.4, -0.2) is 59.9 Å². The SMILES string of the molecule is O=C([C@H]1CCCN1C(=O)[C@@H]1CCCCN1)N1CCCC1. The van der Waals surface area contributed by atoms with Gasteiger partial charge in [0, 0.05) is 19.6 Å². The molecule has 0 aromatic heterocycles. The third-order valence-electron chi connectivity index (χ3n) is 4.85. The largest absolute Gasteiger partial charge is 0.341 e. The van der Waals surface area contributed by atoms with Gasteiger partial charge in [-0.05, 0) is 45.1 Å². The van der Waals surface area contributed by atoms with Crippen LogP contribution in [0.4, 0.5) is 0 Å². The lowest BCUT2D eigenvalue weighted by Crippen LogP contribution is -2.53. The van der Waals surface area contributed by atoms with Crippen molar-refractivity contribution in [3.63, 3.8) is 0 Å². The Kier molecular flexibility index (Phi) is 4.24. The Morgan fingerprint density at radius 2 is 1.65 bits per heavy atom. The minimum absolute atomic E-state index is 0.0595. The van der Waals surface area contributed by atoms with Gasteiger partial charge in [0.05, 0.1) is 6.04 Å². The van der Waals surface area contributed by atoms with Crippen molar-refractivity contribution >= 4 is 11.8 Å². The summed E-state index contributed by atoms with van der Waals surface area (Å²) in [6.07, 6.45) is 7.20. The first-order valence-electron chi connectivity index (χ1n) is 8.10. The van der Waals surface area contributed by atoms with E-state index < -0.39 is 0 Å². The van der Waals surface area contributed by atoms with Gasteiger partial charge in [-0.2, -0.15) is 0 Å². The summed E-state index contributed by atoms with van der Waals surface area (Å²) in [5.74, 6) is 0.337. The summed E-state index contributed by atoms with van der Waals surface area (Å²) in [5, 5.41) is 3.31. The highest BCUT2D eigenvalue weighted by Crippen LogP contribution is 2.23. The minimum atomic E-state index is -0.190. The molecule has 0 unspecified atom stereocenters. The lowest BCUT2D eigenvalue weighted by atomic mass is 10.0. The monoisotopic (exact) mass is 279 g/mol. The maximum atomic E-state index is 12.6.